The first-order valence-electron chi connectivity index (χ1n) is 17.9. The Balaban J connectivity index is 4.85. The van der Waals surface area contributed by atoms with Crippen LogP contribution in [0.15, 0.2) is 12.2 Å². The highest BCUT2D eigenvalue weighted by atomic mass is 16.4. The molecular weight excluding hydrogens is 542 g/mol. The maximum Gasteiger partial charge on any atom is 0.362 e. The number of hydrogen-bond acceptors (Lipinski definition) is 3. The van der Waals surface area contributed by atoms with Gasteiger partial charge in [0.25, 0.3) is 0 Å². The van der Waals surface area contributed by atoms with Crippen LogP contribution in [0.4, 0.5) is 0 Å². The van der Waals surface area contributed by atoms with Gasteiger partial charge in [0.2, 0.25) is 0 Å². The fraction of sp³-hybridized carbons (Fsp3) is 0.861. The lowest BCUT2D eigenvalue weighted by Crippen LogP contribution is -2.72. The molecule has 43 heavy (non-hydrogen) atoms. The smallest absolute Gasteiger partial charge is 0.362 e. The molecule has 0 fully saturated rings. The first-order chi connectivity index (χ1) is 20.7. The zero-order chi connectivity index (χ0) is 32.3. The monoisotopic (exact) mass is 611 g/mol. The molecule has 7 heteroatoms. The van der Waals surface area contributed by atoms with Crippen molar-refractivity contribution >= 4 is 17.9 Å². The molecular formula is C36H68NO6+. The number of aliphatic carboxylic acids is 3. The molecule has 3 atom stereocenters. The average molecular weight is 611 g/mol. The topological polar surface area (TPSA) is 112 Å². The van der Waals surface area contributed by atoms with Crippen molar-refractivity contribution in [2.75, 3.05) is 6.54 Å². The second-order valence-corrected chi connectivity index (χ2v) is 12.6. The number of quaternary nitrogens is 1. The van der Waals surface area contributed by atoms with E-state index in [-0.39, 0.29) is 30.3 Å². The van der Waals surface area contributed by atoms with E-state index in [2.05, 4.69) is 19.1 Å². The molecule has 0 aromatic carbocycles. The molecule has 0 aliphatic carbocycles. The average Bonchev–Trinajstić information content (AvgIpc) is 2.97. The standard InChI is InChI=1S/C36H67NO6/c1-5-9-10-11-12-13-14-15-16-17-18-19-20-21-22-23-24-25-26-30-37(31(27-6-2)34(38)39,32(28-7-3)35(40)41)33(29-8-4)36(42)43/h17-18,31-33H,5-16,19-30H2,1-4H3,(H2-,38,39,40,41,42,43)/p+1/b18-17+. The molecule has 3 unspecified atom stereocenters. The van der Waals surface area contributed by atoms with Crippen LogP contribution in [0.5, 0.6) is 0 Å². The Labute approximate surface area is 264 Å². The van der Waals surface area contributed by atoms with Crippen molar-refractivity contribution in [2.45, 2.75) is 193 Å². The van der Waals surface area contributed by atoms with Gasteiger partial charge >= 0.3 is 17.9 Å². The maximum atomic E-state index is 12.6. The molecule has 0 saturated heterocycles. The summed E-state index contributed by atoms with van der Waals surface area (Å²) in [5.74, 6) is -3.25. The quantitative estimate of drug-likeness (QED) is 0.0409. The minimum atomic E-state index is -1.08. The van der Waals surface area contributed by atoms with E-state index in [1.807, 2.05) is 20.8 Å². The highest BCUT2D eigenvalue weighted by Gasteiger charge is 2.56. The van der Waals surface area contributed by atoms with Crippen molar-refractivity contribution in [1.29, 1.82) is 0 Å². The van der Waals surface area contributed by atoms with Crippen molar-refractivity contribution in [3.63, 3.8) is 0 Å². The second kappa shape index (κ2) is 26.5. The van der Waals surface area contributed by atoms with Gasteiger partial charge in [0.15, 0.2) is 18.1 Å². The van der Waals surface area contributed by atoms with Gasteiger partial charge in [0.05, 0.1) is 6.54 Å². The summed E-state index contributed by atoms with van der Waals surface area (Å²) in [6.07, 6.45) is 27.5. The third kappa shape index (κ3) is 16.7. The Morgan fingerprint density at radius 1 is 0.465 bits per heavy atom. The van der Waals surface area contributed by atoms with Crippen LogP contribution in [0.25, 0.3) is 0 Å². The van der Waals surface area contributed by atoms with Gasteiger partial charge < -0.3 is 15.3 Å². The van der Waals surface area contributed by atoms with E-state index in [1.165, 1.54) is 70.6 Å². The molecule has 0 aromatic rings. The molecule has 0 spiro atoms. The summed E-state index contributed by atoms with van der Waals surface area (Å²) in [4.78, 5) is 37.8. The molecule has 0 heterocycles. The molecule has 0 aromatic heterocycles. The molecule has 0 rings (SSSR count). The number of hydrogen-bond donors (Lipinski definition) is 3. The van der Waals surface area contributed by atoms with Gasteiger partial charge in [-0.25, -0.2) is 14.4 Å². The molecule has 0 bridgehead atoms. The van der Waals surface area contributed by atoms with Crippen molar-refractivity contribution in [1.82, 2.24) is 0 Å². The Bertz CT molecular complexity index is 692. The summed E-state index contributed by atoms with van der Waals surface area (Å²) in [5, 5.41) is 30.9. The Morgan fingerprint density at radius 3 is 1.07 bits per heavy atom. The van der Waals surface area contributed by atoms with Crippen LogP contribution >= 0.6 is 0 Å². The predicted octanol–water partition coefficient (Wildman–Crippen LogP) is 9.77. The number of rotatable bonds is 31. The van der Waals surface area contributed by atoms with Gasteiger partial charge in [-0.1, -0.05) is 110 Å². The number of carboxylic acid groups (broad SMARTS) is 3. The Hall–Kier alpha value is -1.89. The summed E-state index contributed by atoms with van der Waals surface area (Å²) in [5.41, 5.74) is 0. The molecule has 0 saturated carbocycles. The van der Waals surface area contributed by atoms with E-state index in [0.717, 1.165) is 32.1 Å². The van der Waals surface area contributed by atoms with Crippen molar-refractivity contribution in [2.24, 2.45) is 0 Å². The fourth-order valence-corrected chi connectivity index (χ4v) is 6.81. The highest BCUT2D eigenvalue weighted by Crippen LogP contribution is 2.34. The Morgan fingerprint density at radius 2 is 0.767 bits per heavy atom. The van der Waals surface area contributed by atoms with Gasteiger partial charge in [0.1, 0.15) is 0 Å². The number of carbonyl (C=O) groups is 3. The number of nitrogens with zero attached hydrogens (tertiary/aromatic N) is 1. The van der Waals surface area contributed by atoms with E-state index in [1.54, 1.807) is 0 Å². The van der Waals surface area contributed by atoms with Gasteiger partial charge in [-0.2, -0.15) is 0 Å². The van der Waals surface area contributed by atoms with Gasteiger partial charge in [0, 0.05) is 19.3 Å². The van der Waals surface area contributed by atoms with Crippen molar-refractivity contribution in [3.05, 3.63) is 12.2 Å². The first-order valence-corrected chi connectivity index (χ1v) is 17.9. The van der Waals surface area contributed by atoms with E-state index >= 15 is 0 Å². The third-order valence-electron chi connectivity index (χ3n) is 9.09. The van der Waals surface area contributed by atoms with Crippen LogP contribution in [0.3, 0.4) is 0 Å². The van der Waals surface area contributed by atoms with E-state index in [9.17, 15) is 29.7 Å². The van der Waals surface area contributed by atoms with Crippen molar-refractivity contribution in [3.8, 4) is 0 Å². The second-order valence-electron chi connectivity index (χ2n) is 12.6. The number of carboxylic acids is 3. The van der Waals surface area contributed by atoms with E-state index < -0.39 is 36.0 Å². The van der Waals surface area contributed by atoms with Crippen LogP contribution in [0, 0.1) is 0 Å². The lowest BCUT2D eigenvalue weighted by Gasteiger charge is -2.50. The molecule has 7 nitrogen and oxygen atoms in total. The van der Waals surface area contributed by atoms with E-state index in [0.29, 0.717) is 25.7 Å². The van der Waals surface area contributed by atoms with Crippen LogP contribution in [0.1, 0.15) is 175 Å². The van der Waals surface area contributed by atoms with Gasteiger partial charge in [-0.15, -0.1) is 0 Å². The lowest BCUT2D eigenvalue weighted by molar-refractivity contribution is -0.973. The summed E-state index contributed by atoms with van der Waals surface area (Å²) >= 11 is 0. The normalized spacial score (nSPS) is 15.3. The Kier molecular flexibility index (Phi) is 25.3. The summed E-state index contributed by atoms with van der Waals surface area (Å²) < 4.78 is -0.374. The highest BCUT2D eigenvalue weighted by molar-refractivity contribution is 5.78. The fourth-order valence-electron chi connectivity index (χ4n) is 6.81. The minimum absolute atomic E-state index is 0.268. The number of allylic oxidation sites excluding steroid dienone is 2. The molecule has 0 aliphatic rings. The zero-order valence-corrected chi connectivity index (χ0v) is 28.4. The predicted molar refractivity (Wildman–Crippen MR) is 177 cm³/mol. The number of unbranched alkanes of at least 4 members (excludes halogenated alkanes) is 15. The third-order valence-corrected chi connectivity index (χ3v) is 9.09. The first kappa shape index (κ1) is 41.1. The van der Waals surface area contributed by atoms with Crippen LogP contribution in [0.2, 0.25) is 0 Å². The largest absolute Gasteiger partial charge is 0.477 e. The molecule has 0 radical (unpaired) electrons. The summed E-state index contributed by atoms with van der Waals surface area (Å²) in [7, 11) is 0. The maximum absolute atomic E-state index is 12.6. The van der Waals surface area contributed by atoms with Crippen LogP contribution in [-0.2, 0) is 14.4 Å². The van der Waals surface area contributed by atoms with Gasteiger partial charge in [-0.3, -0.25) is 4.48 Å². The SMILES string of the molecule is CCCCCCCCCC/C=C/CCCCCCCCC[N+](C(CCC)C(=O)O)(C(CCC)C(=O)O)C(CCC)C(=O)O. The summed E-state index contributed by atoms with van der Waals surface area (Å²) in [6, 6.07) is -3.14. The minimum Gasteiger partial charge on any atom is -0.477 e. The molecule has 3 N–H and O–H groups in total. The van der Waals surface area contributed by atoms with Crippen LogP contribution < -0.4 is 0 Å². The van der Waals surface area contributed by atoms with Gasteiger partial charge in [-0.05, 0) is 57.8 Å². The molecule has 0 amide bonds. The van der Waals surface area contributed by atoms with Crippen molar-refractivity contribution < 1.29 is 34.2 Å². The zero-order valence-electron chi connectivity index (χ0n) is 28.4. The molecule has 0 aliphatic heterocycles. The van der Waals surface area contributed by atoms with Crippen LogP contribution in [-0.4, -0.2) is 62.4 Å². The lowest BCUT2D eigenvalue weighted by atomic mass is 9.91. The van der Waals surface area contributed by atoms with E-state index in [4.69, 9.17) is 0 Å². The summed E-state index contributed by atoms with van der Waals surface area (Å²) in [6.45, 7) is 8.17. The molecule has 252 valence electrons.